The average Bonchev–Trinajstić information content (AvgIpc) is 3.11. The van der Waals surface area contributed by atoms with Gasteiger partial charge in [-0.1, -0.05) is 31.2 Å². The van der Waals surface area contributed by atoms with Gasteiger partial charge in [-0.15, -0.1) is 0 Å². The molecule has 3 aromatic carbocycles. The van der Waals surface area contributed by atoms with E-state index >= 15 is 0 Å². The normalized spacial score (nSPS) is 23.0. The molecule has 5 atom stereocenters. The van der Waals surface area contributed by atoms with Crippen LogP contribution in [0.4, 0.5) is 5.69 Å². The quantitative estimate of drug-likeness (QED) is 0.134. The van der Waals surface area contributed by atoms with Crippen LogP contribution < -0.4 is 24.3 Å². The summed E-state index contributed by atoms with van der Waals surface area (Å²) in [4.78, 5) is 25.4. The van der Waals surface area contributed by atoms with Crippen LogP contribution in [0.15, 0.2) is 36.4 Å². The highest BCUT2D eigenvalue weighted by Gasteiger charge is 2.56. The molecular weight excluding hydrogens is 670 g/mol. The summed E-state index contributed by atoms with van der Waals surface area (Å²) in [7, 11) is 2.54. The number of aliphatic hydroxyl groups excluding tert-OH is 3. The van der Waals surface area contributed by atoms with Crippen molar-refractivity contribution in [1.29, 1.82) is 0 Å². The predicted octanol–water partition coefficient (Wildman–Crippen LogP) is 2.79. The number of phenols is 2. The number of rotatable bonds is 12. The molecule has 5 unspecified atom stereocenters. The molecule has 1 saturated heterocycles. The number of aromatic carboxylic acids is 1. The van der Waals surface area contributed by atoms with E-state index in [0.29, 0.717) is 13.0 Å². The van der Waals surface area contributed by atoms with Crippen LogP contribution in [0, 0.1) is 0 Å². The van der Waals surface area contributed by atoms with Crippen LogP contribution in [-0.2, 0) is 28.7 Å². The van der Waals surface area contributed by atoms with Gasteiger partial charge in [-0.05, 0) is 37.3 Å². The monoisotopic (exact) mass is 713 g/mol. The van der Waals surface area contributed by atoms with Crippen molar-refractivity contribution >= 4 is 17.6 Å². The van der Waals surface area contributed by atoms with Gasteiger partial charge in [-0.3, -0.25) is 0 Å². The van der Waals surface area contributed by atoms with Gasteiger partial charge >= 0.3 is 11.9 Å². The van der Waals surface area contributed by atoms with Gasteiger partial charge in [0.2, 0.25) is 17.8 Å². The van der Waals surface area contributed by atoms with Crippen LogP contribution in [0.2, 0.25) is 0 Å². The second-order valence-electron chi connectivity index (χ2n) is 12.2. The van der Waals surface area contributed by atoms with Gasteiger partial charge in [0, 0.05) is 30.7 Å². The molecule has 0 aliphatic carbocycles. The average molecular weight is 714 g/mol. The largest absolute Gasteiger partial charge is 0.504 e. The van der Waals surface area contributed by atoms with Gasteiger partial charge in [-0.2, -0.15) is 0 Å². The van der Waals surface area contributed by atoms with E-state index in [-0.39, 0.29) is 64.8 Å². The number of cyclic esters (lactones) is 1. The Kier molecular flexibility index (Phi) is 11.3. The maximum Gasteiger partial charge on any atom is 0.342 e. The van der Waals surface area contributed by atoms with Gasteiger partial charge in [0.05, 0.1) is 32.1 Å². The van der Waals surface area contributed by atoms with Gasteiger partial charge in [-0.25, -0.2) is 9.59 Å². The highest BCUT2D eigenvalue weighted by Crippen LogP contribution is 2.51. The van der Waals surface area contributed by atoms with Crippen LogP contribution in [0.5, 0.6) is 34.5 Å². The van der Waals surface area contributed by atoms with Crippen LogP contribution in [0.1, 0.15) is 57.7 Å². The number of esters is 1. The Bertz CT molecular complexity index is 1760. The number of aliphatic hydroxyl groups is 3. The topological polar surface area (TPSA) is 223 Å². The predicted molar refractivity (Wildman–Crippen MR) is 180 cm³/mol. The third-order valence-electron chi connectivity index (χ3n) is 9.14. The van der Waals surface area contributed by atoms with E-state index in [0.717, 1.165) is 17.5 Å². The minimum Gasteiger partial charge on any atom is -0.504 e. The number of ether oxygens (including phenoxy) is 6. The number of aromatic hydroxyl groups is 2. The Balaban J connectivity index is 1.44. The number of hydrogen-bond acceptors (Lipinski definition) is 14. The summed E-state index contributed by atoms with van der Waals surface area (Å²) >= 11 is 0. The number of benzene rings is 3. The number of nitrogens with one attached hydrogen (secondary N) is 1. The van der Waals surface area contributed by atoms with E-state index in [1.54, 1.807) is 6.92 Å². The lowest BCUT2D eigenvalue weighted by Gasteiger charge is -2.48. The molecule has 0 bridgehead atoms. The summed E-state index contributed by atoms with van der Waals surface area (Å²) in [5, 5.41) is 68.2. The zero-order chi connectivity index (χ0) is 37.0. The number of carbonyl (C=O) groups is 2. The Hall–Kier alpha value is -4.96. The summed E-state index contributed by atoms with van der Waals surface area (Å²) in [6, 6.07) is 10.4. The van der Waals surface area contributed by atoms with Gasteiger partial charge in [0.1, 0.15) is 36.1 Å². The van der Waals surface area contributed by atoms with Crippen LogP contribution >= 0.6 is 0 Å². The van der Waals surface area contributed by atoms with Crippen molar-refractivity contribution < 1.29 is 68.6 Å². The van der Waals surface area contributed by atoms with Crippen molar-refractivity contribution in [2.75, 3.05) is 39.3 Å². The number of aryl methyl sites for hydroxylation is 1. The maximum absolute atomic E-state index is 13.6. The van der Waals surface area contributed by atoms with Crippen LogP contribution in [0.25, 0.3) is 0 Å². The van der Waals surface area contributed by atoms with E-state index in [4.69, 9.17) is 28.4 Å². The summed E-state index contributed by atoms with van der Waals surface area (Å²) in [5.74, 6) is -4.16. The molecule has 3 aromatic rings. The van der Waals surface area contributed by atoms with E-state index in [9.17, 15) is 40.2 Å². The highest BCUT2D eigenvalue weighted by atomic mass is 16.7. The third-order valence-corrected chi connectivity index (χ3v) is 9.14. The first-order valence-corrected chi connectivity index (χ1v) is 16.5. The highest BCUT2D eigenvalue weighted by molar-refractivity contribution is 5.97. The van der Waals surface area contributed by atoms with Gasteiger partial charge in [0.25, 0.3) is 0 Å². The first-order valence-electron chi connectivity index (χ1n) is 16.5. The van der Waals surface area contributed by atoms with Gasteiger partial charge < -0.3 is 64.4 Å². The second kappa shape index (κ2) is 15.5. The lowest BCUT2D eigenvalue weighted by molar-refractivity contribution is -0.320. The molecule has 2 aliphatic heterocycles. The second-order valence-corrected chi connectivity index (χ2v) is 12.2. The molecule has 5 rings (SSSR count). The Morgan fingerprint density at radius 2 is 1.73 bits per heavy atom. The fourth-order valence-corrected chi connectivity index (χ4v) is 6.39. The Morgan fingerprint density at radius 3 is 2.39 bits per heavy atom. The molecule has 0 saturated carbocycles. The first-order chi connectivity index (χ1) is 24.4. The molecule has 0 aromatic heterocycles. The first kappa shape index (κ1) is 37.3. The summed E-state index contributed by atoms with van der Waals surface area (Å²) < 4.78 is 34.2. The van der Waals surface area contributed by atoms with Gasteiger partial charge in [0.15, 0.2) is 23.0 Å². The molecule has 1 spiro atoms. The number of fused-ring (bicyclic) bond motifs is 1. The molecular formula is C36H43NO14. The zero-order valence-corrected chi connectivity index (χ0v) is 28.7. The number of anilines is 1. The summed E-state index contributed by atoms with van der Waals surface area (Å²) in [6.07, 6.45) is -6.24. The third kappa shape index (κ3) is 7.28. The van der Waals surface area contributed by atoms with Crippen LogP contribution in [0.3, 0.4) is 0 Å². The van der Waals surface area contributed by atoms with Crippen molar-refractivity contribution in [3.8, 4) is 34.5 Å². The number of phenolic OH excluding ortho intramolecular Hbond substituents is 2. The smallest absolute Gasteiger partial charge is 0.342 e. The minimum absolute atomic E-state index is 0.0228. The standard InChI is InChI=1S/C36H43NO14/c1-5-18-8-7-9-19(14-18)11-13-48-31-26(38)25-20(30(47-4)29(31)41)10-12-36(17-49-34(25)45)32(42)27(39)28(40)35(51-36)50-24-16-22(37-6-2)21(33(43)44)15-23(24)46-3/h7-9,14-16,27-28,32,35,37-42H,5-6,10-13,17H2,1-4H3,(H,43,44). The number of carbonyl (C=O) groups excluding carboxylic acids is 1. The fourth-order valence-electron chi connectivity index (χ4n) is 6.39. The molecule has 15 nitrogen and oxygen atoms in total. The van der Waals surface area contributed by atoms with Crippen molar-refractivity contribution in [2.45, 2.75) is 69.7 Å². The fraction of sp³-hybridized carbons (Fsp3) is 0.444. The minimum atomic E-state index is -1.88. The van der Waals surface area contributed by atoms with E-state index in [1.165, 1.54) is 26.4 Å². The maximum atomic E-state index is 13.6. The SMILES string of the molecule is CCNc1cc(OC2OC3(CCc4c(OC)c(O)c(OCCc5cccc(CC)c5)c(O)c4C(=O)OC3)C(O)C(O)C2O)c(OC)cc1C(=O)O. The molecule has 51 heavy (non-hydrogen) atoms. The Labute approximate surface area is 293 Å². The van der Waals surface area contributed by atoms with E-state index < -0.39 is 60.2 Å². The molecule has 1 fully saturated rings. The summed E-state index contributed by atoms with van der Waals surface area (Å²) in [5.41, 5.74) is 0.00758. The van der Waals surface area contributed by atoms with Crippen molar-refractivity contribution in [3.05, 3.63) is 64.2 Å². The lowest BCUT2D eigenvalue weighted by atomic mass is 9.81. The number of methoxy groups -OCH3 is 2. The molecule has 276 valence electrons. The van der Waals surface area contributed by atoms with Crippen molar-refractivity contribution in [2.24, 2.45) is 0 Å². The zero-order valence-electron chi connectivity index (χ0n) is 28.7. The number of carboxylic acid groups (broad SMARTS) is 1. The van der Waals surface area contributed by atoms with Crippen molar-refractivity contribution in [3.63, 3.8) is 0 Å². The molecule has 0 radical (unpaired) electrons. The lowest BCUT2D eigenvalue weighted by Crippen LogP contribution is -2.67. The molecule has 15 heteroatoms. The van der Waals surface area contributed by atoms with Crippen LogP contribution in [-0.4, -0.2) is 107 Å². The molecule has 7 N–H and O–H groups in total. The molecule has 2 heterocycles. The van der Waals surface area contributed by atoms with E-state index in [1.807, 2.05) is 31.2 Å². The molecule has 0 amide bonds. The Morgan fingerprint density at radius 1 is 0.980 bits per heavy atom. The number of carboxylic acids is 1. The number of hydrogen-bond donors (Lipinski definition) is 7. The van der Waals surface area contributed by atoms with Crippen molar-refractivity contribution in [1.82, 2.24) is 0 Å². The summed E-state index contributed by atoms with van der Waals surface area (Å²) in [6.45, 7) is 3.56. The molecule has 2 aliphatic rings. The van der Waals surface area contributed by atoms with E-state index in [2.05, 4.69) is 5.32 Å².